The fraction of sp³-hybridized carbons (Fsp3) is 0.273. The van der Waals surface area contributed by atoms with Gasteiger partial charge in [-0.1, -0.05) is 6.07 Å². The lowest BCUT2D eigenvalue weighted by atomic mass is 10.1. The summed E-state index contributed by atoms with van der Waals surface area (Å²) in [5.74, 6) is 0.256. The van der Waals surface area contributed by atoms with Gasteiger partial charge in [-0.15, -0.1) is 0 Å². The Morgan fingerprint density at radius 1 is 1.10 bits per heavy atom. The largest absolute Gasteiger partial charge is 0.508 e. The quantitative estimate of drug-likeness (QED) is 0.547. The number of hydrogen-bond acceptors (Lipinski definition) is 7. The summed E-state index contributed by atoms with van der Waals surface area (Å²) in [6.45, 7) is 1.75. The summed E-state index contributed by atoms with van der Waals surface area (Å²) in [6.07, 6.45) is 0.429. The van der Waals surface area contributed by atoms with Crippen molar-refractivity contribution < 1.29 is 33.3 Å². The first kappa shape index (κ1) is 21.0. The molecule has 1 atom stereocenters. The molecule has 0 bridgehead atoms. The number of phenols is 1. The molecule has 0 spiro atoms. The number of phenolic OH excluding ortho intramolecular Hbond substituents is 1. The van der Waals surface area contributed by atoms with Crippen molar-refractivity contribution in [3.05, 3.63) is 53.8 Å². The van der Waals surface area contributed by atoms with Gasteiger partial charge in [-0.3, -0.25) is 9.59 Å². The van der Waals surface area contributed by atoms with Crippen LogP contribution in [0, 0.1) is 0 Å². The van der Waals surface area contributed by atoms with Crippen LogP contribution in [0.15, 0.2) is 47.1 Å². The number of aromatic hydroxyl groups is 1. The van der Waals surface area contributed by atoms with Gasteiger partial charge in [0.25, 0.3) is 5.91 Å². The van der Waals surface area contributed by atoms with Crippen molar-refractivity contribution in [3.8, 4) is 17.2 Å². The number of ether oxygens (including phenoxy) is 3. The minimum atomic E-state index is -0.958. The number of amides is 1. The van der Waals surface area contributed by atoms with Gasteiger partial charge in [-0.05, 0) is 36.8 Å². The molecule has 0 aliphatic carbocycles. The number of benzene rings is 2. The second-order valence-corrected chi connectivity index (χ2v) is 6.66. The Labute approximate surface area is 173 Å². The normalized spacial score (nSPS) is 11.7. The van der Waals surface area contributed by atoms with Crippen molar-refractivity contribution >= 4 is 22.8 Å². The van der Waals surface area contributed by atoms with Crippen molar-refractivity contribution in [1.82, 2.24) is 5.32 Å². The SMILES string of the molecule is COc1ccc(CNC(=O)[C@H](C)OC(=O)Cc2coc3cc(O)ccc23)cc1OC. The zero-order valence-electron chi connectivity index (χ0n) is 16.9. The molecule has 30 heavy (non-hydrogen) atoms. The average Bonchev–Trinajstić information content (AvgIpc) is 3.12. The van der Waals surface area contributed by atoms with Gasteiger partial charge in [-0.2, -0.15) is 0 Å². The van der Waals surface area contributed by atoms with Gasteiger partial charge in [-0.25, -0.2) is 0 Å². The molecule has 2 N–H and O–H groups in total. The first-order chi connectivity index (χ1) is 14.4. The summed E-state index contributed by atoms with van der Waals surface area (Å²) in [7, 11) is 3.08. The van der Waals surface area contributed by atoms with E-state index in [9.17, 15) is 14.7 Å². The van der Waals surface area contributed by atoms with E-state index in [4.69, 9.17) is 18.6 Å². The fourth-order valence-corrected chi connectivity index (χ4v) is 2.98. The van der Waals surface area contributed by atoms with Crippen molar-refractivity contribution in [2.24, 2.45) is 0 Å². The number of nitrogens with one attached hydrogen (secondary N) is 1. The predicted octanol–water partition coefficient (Wildman–Crippen LogP) is 2.95. The highest BCUT2D eigenvalue weighted by atomic mass is 16.5. The van der Waals surface area contributed by atoms with E-state index in [-0.39, 0.29) is 18.7 Å². The van der Waals surface area contributed by atoms with Crippen LogP contribution >= 0.6 is 0 Å². The highest BCUT2D eigenvalue weighted by Gasteiger charge is 2.19. The van der Waals surface area contributed by atoms with Crippen LogP contribution in [0.1, 0.15) is 18.1 Å². The predicted molar refractivity (Wildman–Crippen MR) is 109 cm³/mol. The molecule has 158 valence electrons. The molecule has 0 saturated carbocycles. The molecule has 0 aliphatic heterocycles. The first-order valence-corrected chi connectivity index (χ1v) is 9.28. The molecule has 0 radical (unpaired) electrons. The van der Waals surface area contributed by atoms with Crippen LogP contribution in [-0.2, 0) is 27.3 Å². The number of rotatable bonds is 8. The van der Waals surface area contributed by atoms with Crippen LogP contribution in [0.3, 0.4) is 0 Å². The van der Waals surface area contributed by atoms with Gasteiger partial charge in [0.1, 0.15) is 11.3 Å². The summed E-state index contributed by atoms with van der Waals surface area (Å²) in [6, 6.07) is 9.96. The molecule has 0 unspecified atom stereocenters. The lowest BCUT2D eigenvalue weighted by molar-refractivity contribution is -0.154. The van der Waals surface area contributed by atoms with Crippen molar-refractivity contribution in [1.29, 1.82) is 0 Å². The number of furan rings is 1. The third kappa shape index (κ3) is 4.83. The second-order valence-electron chi connectivity index (χ2n) is 6.66. The van der Waals surface area contributed by atoms with Crippen LogP contribution in [0.25, 0.3) is 11.0 Å². The van der Waals surface area contributed by atoms with Gasteiger partial charge in [0.2, 0.25) is 0 Å². The Morgan fingerprint density at radius 2 is 1.87 bits per heavy atom. The van der Waals surface area contributed by atoms with Crippen LogP contribution in [0.5, 0.6) is 17.2 Å². The van der Waals surface area contributed by atoms with E-state index in [0.29, 0.717) is 28.0 Å². The summed E-state index contributed by atoms with van der Waals surface area (Å²) in [5, 5.41) is 12.9. The summed E-state index contributed by atoms with van der Waals surface area (Å²) in [5.41, 5.74) is 1.90. The first-order valence-electron chi connectivity index (χ1n) is 9.28. The number of hydrogen-bond donors (Lipinski definition) is 2. The maximum atomic E-state index is 12.3. The average molecular weight is 413 g/mol. The maximum absolute atomic E-state index is 12.3. The molecule has 8 nitrogen and oxygen atoms in total. The molecule has 3 aromatic rings. The maximum Gasteiger partial charge on any atom is 0.311 e. The van der Waals surface area contributed by atoms with Crippen LogP contribution in [-0.4, -0.2) is 37.3 Å². The summed E-state index contributed by atoms with van der Waals surface area (Å²) < 4.78 is 21.0. The molecule has 0 fully saturated rings. The molecule has 1 amide bonds. The number of carbonyl (C=O) groups is 2. The lowest BCUT2D eigenvalue weighted by Crippen LogP contribution is -2.35. The monoisotopic (exact) mass is 413 g/mol. The molecule has 8 heteroatoms. The molecule has 3 rings (SSSR count). The number of fused-ring (bicyclic) bond motifs is 1. The van der Waals surface area contributed by atoms with Gasteiger partial charge < -0.3 is 29.1 Å². The Bertz CT molecular complexity index is 1060. The third-order valence-electron chi connectivity index (χ3n) is 4.57. The van der Waals surface area contributed by atoms with Crippen LogP contribution < -0.4 is 14.8 Å². The molecular formula is C22H23NO7. The molecule has 0 aliphatic rings. The van der Waals surface area contributed by atoms with E-state index >= 15 is 0 Å². The van der Waals surface area contributed by atoms with Crippen LogP contribution in [0.2, 0.25) is 0 Å². The fourth-order valence-electron chi connectivity index (χ4n) is 2.98. The highest BCUT2D eigenvalue weighted by molar-refractivity contribution is 5.88. The Balaban J connectivity index is 1.54. The van der Waals surface area contributed by atoms with Gasteiger partial charge in [0.15, 0.2) is 17.6 Å². The Hall–Kier alpha value is -3.68. The standard InChI is InChI=1S/C22H23NO7/c1-13(22(26)23-11-14-4-7-18(27-2)20(8-14)28-3)30-21(25)9-15-12-29-19-10-16(24)5-6-17(15)19/h4-8,10,12-13,24H,9,11H2,1-3H3,(H,23,26)/t13-/m0/s1. The number of esters is 1. The topological polar surface area (TPSA) is 107 Å². The Morgan fingerprint density at radius 3 is 2.60 bits per heavy atom. The van der Waals surface area contributed by atoms with E-state index in [1.807, 2.05) is 0 Å². The van der Waals surface area contributed by atoms with Crippen LogP contribution in [0.4, 0.5) is 0 Å². The number of methoxy groups -OCH3 is 2. The van der Waals surface area contributed by atoms with Gasteiger partial charge >= 0.3 is 5.97 Å². The van der Waals surface area contributed by atoms with Crippen molar-refractivity contribution in [2.45, 2.75) is 26.0 Å². The van der Waals surface area contributed by atoms with Crippen molar-refractivity contribution in [2.75, 3.05) is 14.2 Å². The van der Waals surface area contributed by atoms with E-state index in [1.165, 1.54) is 32.4 Å². The van der Waals surface area contributed by atoms with Crippen molar-refractivity contribution in [3.63, 3.8) is 0 Å². The lowest BCUT2D eigenvalue weighted by Gasteiger charge is -2.14. The summed E-state index contributed by atoms with van der Waals surface area (Å²) >= 11 is 0. The van der Waals surface area contributed by atoms with E-state index in [2.05, 4.69) is 5.32 Å². The van der Waals surface area contributed by atoms with E-state index in [0.717, 1.165) is 5.56 Å². The van der Waals surface area contributed by atoms with Gasteiger partial charge in [0.05, 0.1) is 26.9 Å². The van der Waals surface area contributed by atoms with E-state index < -0.39 is 18.0 Å². The minimum absolute atomic E-state index is 0.0505. The zero-order chi connectivity index (χ0) is 21.7. The smallest absolute Gasteiger partial charge is 0.311 e. The number of carbonyl (C=O) groups excluding carboxylic acids is 2. The summed E-state index contributed by atoms with van der Waals surface area (Å²) in [4.78, 5) is 24.5. The third-order valence-corrected chi connectivity index (χ3v) is 4.57. The zero-order valence-corrected chi connectivity index (χ0v) is 16.9. The van der Waals surface area contributed by atoms with E-state index in [1.54, 1.807) is 31.4 Å². The molecule has 0 saturated heterocycles. The molecule has 1 heterocycles. The second kappa shape index (κ2) is 9.21. The highest BCUT2D eigenvalue weighted by Crippen LogP contribution is 2.27. The molecular weight excluding hydrogens is 390 g/mol. The minimum Gasteiger partial charge on any atom is -0.508 e. The van der Waals surface area contributed by atoms with Gasteiger partial charge in [0, 0.05) is 23.6 Å². The molecule has 1 aromatic heterocycles. The molecule has 2 aromatic carbocycles. The Kier molecular flexibility index (Phi) is 6.46.